The molecule has 158 valence electrons. The van der Waals surface area contributed by atoms with Crippen molar-refractivity contribution < 1.29 is 14.6 Å². The van der Waals surface area contributed by atoms with Gasteiger partial charge >= 0.3 is 0 Å². The average molecular weight is 445 g/mol. The van der Waals surface area contributed by atoms with Crippen LogP contribution in [-0.2, 0) is 0 Å². The summed E-state index contributed by atoms with van der Waals surface area (Å²) >= 11 is 1.33. The molecule has 0 fully saturated rings. The van der Waals surface area contributed by atoms with E-state index in [0.717, 1.165) is 16.5 Å². The van der Waals surface area contributed by atoms with E-state index in [9.17, 15) is 30.3 Å². The van der Waals surface area contributed by atoms with Crippen LogP contribution in [0.5, 0.6) is 0 Å². The molecule has 0 saturated carbocycles. The number of nitro benzene ring substituents is 2. The number of hydrogen-bond acceptors (Lipinski definition) is 7. The van der Waals surface area contributed by atoms with Gasteiger partial charge in [-0.2, -0.15) is 5.26 Å². The third-order valence-electron chi connectivity index (χ3n) is 4.44. The number of nitriles is 1. The molecule has 0 radical (unpaired) electrons. The molecule has 0 spiro atoms. The molecule has 0 saturated heterocycles. The lowest BCUT2D eigenvalue weighted by atomic mass is 10.0. The largest absolute Gasteiger partial charge is 0.288 e. The minimum Gasteiger partial charge on any atom is -0.288 e. The Kier molecular flexibility index (Phi) is 6.77. The van der Waals surface area contributed by atoms with Crippen molar-refractivity contribution in [3.63, 3.8) is 0 Å². The number of carbonyl (C=O) groups excluding carboxylic acids is 1. The highest BCUT2D eigenvalue weighted by molar-refractivity contribution is 7.99. The maximum atomic E-state index is 12.8. The second kappa shape index (κ2) is 9.68. The quantitative estimate of drug-likeness (QED) is 0.149. The maximum Gasteiger partial charge on any atom is 0.270 e. The SMILES string of the molecule is Cc1ccc(Sc2ccc([N+](=O)[O-])cc2/C=C(/C#N)C(=O)c2cccc([N+](=O)[O-])c2)cc1. The summed E-state index contributed by atoms with van der Waals surface area (Å²) < 4.78 is 0. The Morgan fingerprint density at radius 3 is 2.25 bits per heavy atom. The first kappa shape index (κ1) is 22.4. The second-order valence-electron chi connectivity index (χ2n) is 6.70. The molecule has 3 rings (SSSR count). The summed E-state index contributed by atoms with van der Waals surface area (Å²) in [4.78, 5) is 35.4. The van der Waals surface area contributed by atoms with Gasteiger partial charge in [0, 0.05) is 39.6 Å². The molecule has 0 amide bonds. The van der Waals surface area contributed by atoms with Crippen LogP contribution in [0.2, 0.25) is 0 Å². The first-order valence-corrected chi connectivity index (χ1v) is 10.0. The van der Waals surface area contributed by atoms with Gasteiger partial charge in [-0.1, -0.05) is 41.6 Å². The molecule has 0 heterocycles. The lowest BCUT2D eigenvalue weighted by Crippen LogP contribution is -2.03. The number of nitro groups is 2. The van der Waals surface area contributed by atoms with E-state index in [1.807, 2.05) is 37.3 Å². The molecular formula is C23H15N3O5S. The Bertz CT molecular complexity index is 1290. The van der Waals surface area contributed by atoms with Crippen molar-refractivity contribution in [1.82, 2.24) is 0 Å². The maximum absolute atomic E-state index is 12.8. The number of carbonyl (C=O) groups is 1. The number of non-ortho nitro benzene ring substituents is 2. The molecule has 9 heteroatoms. The number of rotatable bonds is 7. The standard InChI is InChI=1S/C23H15N3O5S/c1-15-5-8-21(9-6-15)32-22-10-7-20(26(30)31)13-17(22)11-18(14-24)23(27)16-3-2-4-19(12-16)25(28)29/h2-13H,1H3/b18-11-. The van der Waals surface area contributed by atoms with Gasteiger partial charge in [-0.25, -0.2) is 0 Å². The summed E-state index contributed by atoms with van der Waals surface area (Å²) in [5.74, 6) is -0.714. The lowest BCUT2D eigenvalue weighted by Gasteiger charge is -2.08. The topological polar surface area (TPSA) is 127 Å². The Hall–Kier alpha value is -4.29. The highest BCUT2D eigenvalue weighted by Gasteiger charge is 2.18. The van der Waals surface area contributed by atoms with Crippen LogP contribution in [0.3, 0.4) is 0 Å². The molecule has 0 aliphatic rings. The first-order valence-electron chi connectivity index (χ1n) is 9.22. The number of nitrogens with zero attached hydrogens (tertiary/aromatic N) is 3. The molecule has 3 aromatic carbocycles. The second-order valence-corrected chi connectivity index (χ2v) is 7.82. The van der Waals surface area contributed by atoms with Crippen LogP contribution in [0.1, 0.15) is 21.5 Å². The van der Waals surface area contributed by atoms with Crippen molar-refractivity contribution in [3.8, 4) is 6.07 Å². The van der Waals surface area contributed by atoms with Crippen LogP contribution < -0.4 is 0 Å². The van der Waals surface area contributed by atoms with Crippen LogP contribution in [0.15, 0.2) is 82.1 Å². The number of aryl methyl sites for hydroxylation is 1. The summed E-state index contributed by atoms with van der Waals surface area (Å²) in [5.41, 5.74) is 0.609. The summed E-state index contributed by atoms with van der Waals surface area (Å²) in [6.07, 6.45) is 1.27. The number of hydrogen-bond donors (Lipinski definition) is 0. The molecular weight excluding hydrogens is 430 g/mol. The van der Waals surface area contributed by atoms with Crippen LogP contribution in [0, 0.1) is 38.5 Å². The molecule has 8 nitrogen and oxygen atoms in total. The van der Waals surface area contributed by atoms with Gasteiger partial charge in [0.25, 0.3) is 11.4 Å². The van der Waals surface area contributed by atoms with Gasteiger partial charge < -0.3 is 0 Å². The van der Waals surface area contributed by atoms with Crippen LogP contribution in [0.25, 0.3) is 6.08 Å². The fraction of sp³-hybridized carbons (Fsp3) is 0.0435. The van der Waals surface area contributed by atoms with Crippen molar-refractivity contribution in [2.75, 3.05) is 0 Å². The minimum atomic E-state index is -0.714. The number of ketones is 1. The van der Waals surface area contributed by atoms with Crippen molar-refractivity contribution in [2.45, 2.75) is 16.7 Å². The fourth-order valence-corrected chi connectivity index (χ4v) is 3.71. The number of benzene rings is 3. The van der Waals surface area contributed by atoms with E-state index in [4.69, 9.17) is 0 Å². The van der Waals surface area contributed by atoms with Gasteiger partial charge in [0.2, 0.25) is 5.78 Å². The normalized spacial score (nSPS) is 10.9. The molecule has 0 aliphatic carbocycles. The van der Waals surface area contributed by atoms with E-state index < -0.39 is 15.6 Å². The molecule has 0 N–H and O–H groups in total. The van der Waals surface area contributed by atoms with E-state index >= 15 is 0 Å². The molecule has 0 aliphatic heterocycles. The molecule has 0 bridgehead atoms. The average Bonchev–Trinajstić information content (AvgIpc) is 2.79. The zero-order chi connectivity index (χ0) is 23.3. The third-order valence-corrected chi connectivity index (χ3v) is 5.54. The highest BCUT2D eigenvalue weighted by atomic mass is 32.2. The third kappa shape index (κ3) is 5.24. The Balaban J connectivity index is 2.05. The van der Waals surface area contributed by atoms with E-state index in [1.54, 1.807) is 6.07 Å². The molecule has 3 aromatic rings. The van der Waals surface area contributed by atoms with Gasteiger partial charge in [-0.05, 0) is 36.8 Å². The van der Waals surface area contributed by atoms with Gasteiger partial charge in [0.15, 0.2) is 0 Å². The molecule has 0 unspecified atom stereocenters. The van der Waals surface area contributed by atoms with E-state index in [-0.39, 0.29) is 22.5 Å². The molecule has 0 aromatic heterocycles. The van der Waals surface area contributed by atoms with Crippen LogP contribution in [0.4, 0.5) is 11.4 Å². The minimum absolute atomic E-state index is 0.0230. The smallest absolute Gasteiger partial charge is 0.270 e. The molecule has 32 heavy (non-hydrogen) atoms. The van der Waals surface area contributed by atoms with Crippen molar-refractivity contribution in [3.05, 3.63) is 109 Å². The van der Waals surface area contributed by atoms with Crippen molar-refractivity contribution in [2.24, 2.45) is 0 Å². The van der Waals surface area contributed by atoms with Gasteiger partial charge in [-0.3, -0.25) is 25.0 Å². The number of allylic oxidation sites excluding steroid dienone is 1. The Morgan fingerprint density at radius 2 is 1.62 bits per heavy atom. The zero-order valence-corrected chi connectivity index (χ0v) is 17.5. The predicted molar refractivity (Wildman–Crippen MR) is 119 cm³/mol. The Morgan fingerprint density at radius 1 is 0.969 bits per heavy atom. The van der Waals surface area contributed by atoms with E-state index in [1.165, 1.54) is 48.2 Å². The van der Waals surface area contributed by atoms with Gasteiger partial charge in [0.1, 0.15) is 11.6 Å². The summed E-state index contributed by atoms with van der Waals surface area (Å²) in [6, 6.07) is 18.7. The van der Waals surface area contributed by atoms with Gasteiger partial charge in [0.05, 0.1) is 9.85 Å². The van der Waals surface area contributed by atoms with Gasteiger partial charge in [-0.15, -0.1) is 0 Å². The lowest BCUT2D eigenvalue weighted by molar-refractivity contribution is -0.385. The summed E-state index contributed by atoms with van der Waals surface area (Å²) in [6.45, 7) is 1.95. The first-order chi connectivity index (χ1) is 15.3. The monoisotopic (exact) mass is 445 g/mol. The van der Waals surface area contributed by atoms with Crippen LogP contribution in [-0.4, -0.2) is 15.6 Å². The predicted octanol–water partition coefficient (Wildman–Crippen LogP) is 5.75. The van der Waals surface area contributed by atoms with E-state index in [2.05, 4.69) is 0 Å². The van der Waals surface area contributed by atoms with Crippen molar-refractivity contribution in [1.29, 1.82) is 5.26 Å². The van der Waals surface area contributed by atoms with E-state index in [0.29, 0.717) is 10.5 Å². The number of Topliss-reactive ketones (excluding diaryl/α,β-unsaturated/α-hetero) is 1. The fourth-order valence-electron chi connectivity index (χ4n) is 2.81. The van der Waals surface area contributed by atoms with Crippen molar-refractivity contribution >= 4 is 35.0 Å². The summed E-state index contributed by atoms with van der Waals surface area (Å²) in [5, 5.41) is 31.8. The van der Waals surface area contributed by atoms with Crippen LogP contribution >= 0.6 is 11.8 Å². The zero-order valence-electron chi connectivity index (χ0n) is 16.7. The Labute approximate surface area is 187 Å². The summed E-state index contributed by atoms with van der Waals surface area (Å²) in [7, 11) is 0. The molecule has 0 atom stereocenters. The highest BCUT2D eigenvalue weighted by Crippen LogP contribution is 2.34.